The summed E-state index contributed by atoms with van der Waals surface area (Å²) in [6.07, 6.45) is 4.13. The molecule has 2 unspecified atom stereocenters. The van der Waals surface area contributed by atoms with Gasteiger partial charge in [-0.15, -0.1) is 0 Å². The molecule has 0 spiro atoms. The molecule has 3 rings (SSSR count). The van der Waals surface area contributed by atoms with Crippen LogP contribution in [0.5, 0.6) is 0 Å². The Morgan fingerprint density at radius 2 is 2.00 bits per heavy atom. The highest BCUT2D eigenvalue weighted by Crippen LogP contribution is 2.38. The van der Waals surface area contributed by atoms with Gasteiger partial charge in [0, 0.05) is 17.8 Å². The summed E-state index contributed by atoms with van der Waals surface area (Å²) >= 11 is 0. The Bertz CT molecular complexity index is 518. The third-order valence-electron chi connectivity index (χ3n) is 4.45. The number of aryl methyl sites for hydroxylation is 1. The van der Waals surface area contributed by atoms with Crippen LogP contribution in [0.25, 0.3) is 0 Å². The number of aromatic nitrogens is 1. The van der Waals surface area contributed by atoms with Gasteiger partial charge in [-0.3, -0.25) is 0 Å². The third kappa shape index (κ3) is 2.26. The molecule has 2 bridgehead atoms. The van der Waals surface area contributed by atoms with Crippen LogP contribution >= 0.6 is 0 Å². The highest BCUT2D eigenvalue weighted by molar-refractivity contribution is 5.88. The van der Waals surface area contributed by atoms with Gasteiger partial charge in [0.1, 0.15) is 5.82 Å². The van der Waals surface area contributed by atoms with E-state index >= 15 is 0 Å². The number of pyridine rings is 1. The zero-order chi connectivity index (χ0) is 14.3. The van der Waals surface area contributed by atoms with E-state index in [-0.39, 0.29) is 6.10 Å². The van der Waals surface area contributed by atoms with E-state index in [0.717, 1.165) is 43.6 Å². The van der Waals surface area contributed by atoms with Gasteiger partial charge >= 0.3 is 5.97 Å². The lowest BCUT2D eigenvalue weighted by Crippen LogP contribution is -2.45. The SMILES string of the molecule is CCc1cc(C(=O)O)cc(N2C3CCC2CC(O)C3)n1. The fraction of sp³-hybridized carbons (Fsp3) is 0.600. The first kappa shape index (κ1) is 13.4. The number of nitrogens with zero attached hydrogens (tertiary/aromatic N) is 2. The number of carbonyl (C=O) groups is 1. The Hall–Kier alpha value is -1.62. The molecule has 2 saturated heterocycles. The molecule has 0 aliphatic carbocycles. The molecule has 2 aliphatic heterocycles. The zero-order valence-electron chi connectivity index (χ0n) is 11.6. The molecule has 3 heterocycles. The first-order valence-corrected chi connectivity index (χ1v) is 7.29. The van der Waals surface area contributed by atoms with Crippen molar-refractivity contribution in [3.8, 4) is 0 Å². The minimum absolute atomic E-state index is 0.225. The monoisotopic (exact) mass is 276 g/mol. The maximum Gasteiger partial charge on any atom is 0.335 e. The predicted molar refractivity (Wildman–Crippen MR) is 75.1 cm³/mol. The largest absolute Gasteiger partial charge is 0.478 e. The second-order valence-corrected chi connectivity index (χ2v) is 5.78. The molecule has 2 N–H and O–H groups in total. The van der Waals surface area contributed by atoms with Crippen LogP contribution in [0.3, 0.4) is 0 Å². The molecular weight excluding hydrogens is 256 g/mol. The molecule has 0 radical (unpaired) electrons. The average Bonchev–Trinajstić information content (AvgIpc) is 2.70. The van der Waals surface area contributed by atoms with Gasteiger partial charge in [-0.1, -0.05) is 6.92 Å². The zero-order valence-corrected chi connectivity index (χ0v) is 11.6. The Balaban J connectivity index is 1.98. The first-order chi connectivity index (χ1) is 9.58. The van der Waals surface area contributed by atoms with Crippen LogP contribution in [-0.2, 0) is 6.42 Å². The van der Waals surface area contributed by atoms with Gasteiger partial charge in [-0.05, 0) is 44.2 Å². The van der Waals surface area contributed by atoms with Gasteiger partial charge < -0.3 is 15.1 Å². The van der Waals surface area contributed by atoms with Crippen LogP contribution in [0, 0.1) is 0 Å². The topological polar surface area (TPSA) is 73.7 Å². The summed E-state index contributed by atoms with van der Waals surface area (Å²) in [5, 5.41) is 19.1. The summed E-state index contributed by atoms with van der Waals surface area (Å²) in [6, 6.07) is 3.91. The molecule has 2 fully saturated rings. The van der Waals surface area contributed by atoms with Crippen molar-refractivity contribution in [3.05, 3.63) is 23.4 Å². The molecule has 1 aromatic heterocycles. The van der Waals surface area contributed by atoms with E-state index < -0.39 is 5.97 Å². The smallest absolute Gasteiger partial charge is 0.335 e. The first-order valence-electron chi connectivity index (χ1n) is 7.29. The molecule has 108 valence electrons. The van der Waals surface area contributed by atoms with E-state index in [1.165, 1.54) is 0 Å². The lowest BCUT2D eigenvalue weighted by molar-refractivity contribution is 0.0696. The average molecular weight is 276 g/mol. The van der Waals surface area contributed by atoms with Crippen LogP contribution in [0.1, 0.15) is 48.7 Å². The summed E-state index contributed by atoms with van der Waals surface area (Å²) in [5.41, 5.74) is 1.11. The molecule has 5 heteroatoms. The van der Waals surface area contributed by atoms with Crippen LogP contribution in [0.2, 0.25) is 0 Å². The summed E-state index contributed by atoms with van der Waals surface area (Å²) < 4.78 is 0. The van der Waals surface area contributed by atoms with E-state index in [0.29, 0.717) is 17.6 Å². The van der Waals surface area contributed by atoms with Crippen molar-refractivity contribution in [2.45, 2.75) is 57.2 Å². The number of aliphatic hydroxyl groups is 1. The summed E-state index contributed by atoms with van der Waals surface area (Å²) in [5.74, 6) is -0.145. The number of aliphatic hydroxyl groups excluding tert-OH is 1. The molecule has 2 aliphatic rings. The van der Waals surface area contributed by atoms with Crippen LogP contribution in [0.4, 0.5) is 5.82 Å². The standard InChI is InChI=1S/C15H20N2O3/c1-2-10-5-9(15(19)20)6-14(16-10)17-11-3-4-12(17)8-13(18)7-11/h5-6,11-13,18H,2-4,7-8H2,1H3,(H,19,20). The van der Waals surface area contributed by atoms with Crippen molar-refractivity contribution in [1.82, 2.24) is 4.98 Å². The number of aromatic carboxylic acids is 1. The number of hydrogen-bond acceptors (Lipinski definition) is 4. The summed E-state index contributed by atoms with van der Waals surface area (Å²) in [6.45, 7) is 1.98. The molecule has 20 heavy (non-hydrogen) atoms. The van der Waals surface area contributed by atoms with Crippen LogP contribution in [0.15, 0.2) is 12.1 Å². The molecule has 0 saturated carbocycles. The van der Waals surface area contributed by atoms with E-state index in [1.54, 1.807) is 12.1 Å². The maximum atomic E-state index is 11.2. The van der Waals surface area contributed by atoms with Crippen LogP contribution in [-0.4, -0.2) is 39.4 Å². The van der Waals surface area contributed by atoms with Crippen molar-refractivity contribution in [2.24, 2.45) is 0 Å². The minimum Gasteiger partial charge on any atom is -0.478 e. The van der Waals surface area contributed by atoms with Crippen molar-refractivity contribution in [3.63, 3.8) is 0 Å². The van der Waals surface area contributed by atoms with E-state index in [1.807, 2.05) is 6.92 Å². The van der Waals surface area contributed by atoms with Gasteiger partial charge in [0.05, 0.1) is 11.7 Å². The van der Waals surface area contributed by atoms with Gasteiger partial charge in [0.15, 0.2) is 0 Å². The second kappa shape index (κ2) is 5.05. The fourth-order valence-corrected chi connectivity index (χ4v) is 3.53. The molecule has 0 amide bonds. The number of fused-ring (bicyclic) bond motifs is 2. The normalized spacial score (nSPS) is 28.7. The van der Waals surface area contributed by atoms with Gasteiger partial charge in [0.2, 0.25) is 0 Å². The third-order valence-corrected chi connectivity index (χ3v) is 4.45. The quantitative estimate of drug-likeness (QED) is 0.881. The lowest BCUT2D eigenvalue weighted by atomic mass is 9.99. The number of anilines is 1. The number of piperidine rings is 1. The van der Waals surface area contributed by atoms with E-state index in [4.69, 9.17) is 0 Å². The highest BCUT2D eigenvalue weighted by atomic mass is 16.4. The second-order valence-electron chi connectivity index (χ2n) is 5.78. The van der Waals surface area contributed by atoms with Gasteiger partial charge in [-0.25, -0.2) is 9.78 Å². The fourth-order valence-electron chi connectivity index (χ4n) is 3.53. The van der Waals surface area contributed by atoms with E-state index in [2.05, 4.69) is 9.88 Å². The number of carboxylic acids is 1. The Morgan fingerprint density at radius 1 is 1.35 bits per heavy atom. The molecular formula is C15H20N2O3. The summed E-state index contributed by atoms with van der Waals surface area (Å²) in [7, 11) is 0. The maximum absolute atomic E-state index is 11.2. The van der Waals surface area contributed by atoms with Crippen molar-refractivity contribution in [1.29, 1.82) is 0 Å². The Kier molecular flexibility index (Phi) is 3.38. The molecule has 1 aromatic rings. The Morgan fingerprint density at radius 3 is 2.55 bits per heavy atom. The highest BCUT2D eigenvalue weighted by Gasteiger charge is 2.41. The van der Waals surface area contributed by atoms with Crippen LogP contribution < -0.4 is 4.90 Å². The lowest BCUT2D eigenvalue weighted by Gasteiger charge is -2.38. The van der Waals surface area contributed by atoms with Gasteiger partial charge in [0.25, 0.3) is 0 Å². The number of hydrogen-bond donors (Lipinski definition) is 2. The molecule has 5 nitrogen and oxygen atoms in total. The van der Waals surface area contributed by atoms with Crippen molar-refractivity contribution >= 4 is 11.8 Å². The molecule has 0 aromatic carbocycles. The number of rotatable bonds is 3. The van der Waals surface area contributed by atoms with E-state index in [9.17, 15) is 15.0 Å². The Labute approximate surface area is 118 Å². The molecule has 2 atom stereocenters. The van der Waals surface area contributed by atoms with Gasteiger partial charge in [-0.2, -0.15) is 0 Å². The predicted octanol–water partition coefficient (Wildman–Crippen LogP) is 1.83. The minimum atomic E-state index is -0.909. The van der Waals surface area contributed by atoms with Crippen molar-refractivity contribution < 1.29 is 15.0 Å². The summed E-state index contributed by atoms with van der Waals surface area (Å²) in [4.78, 5) is 18.1. The van der Waals surface area contributed by atoms with Crippen molar-refractivity contribution in [2.75, 3.05) is 4.90 Å². The number of carboxylic acid groups (broad SMARTS) is 1.